The molecule has 1 aromatic rings. The Hall–Kier alpha value is -1.14. The van der Waals surface area contributed by atoms with Crippen LogP contribution in [-0.4, -0.2) is 41.4 Å². The quantitative estimate of drug-likeness (QED) is 0.612. The Balaban J connectivity index is 2.37. The normalized spacial score (nSPS) is 14.0. The van der Waals surface area contributed by atoms with Gasteiger partial charge in [-0.3, -0.25) is 4.79 Å². The maximum Gasteiger partial charge on any atom is 0.238 e. The molecule has 5 nitrogen and oxygen atoms in total. The first-order valence-corrected chi connectivity index (χ1v) is 5.91. The summed E-state index contributed by atoms with van der Waals surface area (Å²) in [5, 5.41) is 24.2. The van der Waals surface area contributed by atoms with E-state index < -0.39 is 5.60 Å². The van der Waals surface area contributed by atoms with E-state index in [9.17, 15) is 9.90 Å². The first-order valence-electron chi connectivity index (χ1n) is 5.53. The molecule has 0 radical (unpaired) electrons. The van der Waals surface area contributed by atoms with Gasteiger partial charge in [0.1, 0.15) is 0 Å². The largest absolute Gasteiger partial charge is 0.393 e. The number of benzene rings is 1. The van der Waals surface area contributed by atoms with E-state index in [1.165, 1.54) is 6.92 Å². The van der Waals surface area contributed by atoms with Crippen molar-refractivity contribution in [1.82, 2.24) is 5.32 Å². The molecule has 0 bridgehead atoms. The zero-order chi connectivity index (χ0) is 13.6. The topological polar surface area (TPSA) is 81.6 Å². The maximum absolute atomic E-state index is 11.6. The Bertz CT molecular complexity index is 410. The van der Waals surface area contributed by atoms with Crippen LogP contribution in [0.3, 0.4) is 0 Å². The van der Waals surface area contributed by atoms with Crippen molar-refractivity contribution in [2.75, 3.05) is 25.0 Å². The number of aliphatic hydroxyl groups is 2. The number of anilines is 1. The minimum atomic E-state index is -1.23. The molecule has 100 valence electrons. The van der Waals surface area contributed by atoms with E-state index in [-0.39, 0.29) is 25.6 Å². The smallest absolute Gasteiger partial charge is 0.238 e. The fourth-order valence-electron chi connectivity index (χ4n) is 1.26. The highest BCUT2D eigenvalue weighted by molar-refractivity contribution is 6.33. The second-order valence-electron chi connectivity index (χ2n) is 4.29. The Morgan fingerprint density at radius 1 is 1.44 bits per heavy atom. The van der Waals surface area contributed by atoms with E-state index in [1.807, 2.05) is 0 Å². The number of halogens is 1. The summed E-state index contributed by atoms with van der Waals surface area (Å²) in [6.45, 7) is 1.26. The molecular formula is C12H17ClN2O3. The molecule has 0 aliphatic rings. The lowest BCUT2D eigenvalue weighted by molar-refractivity contribution is -0.115. The van der Waals surface area contributed by atoms with Gasteiger partial charge in [0.05, 0.1) is 29.5 Å². The second-order valence-corrected chi connectivity index (χ2v) is 4.69. The average Bonchev–Trinajstić information content (AvgIpc) is 2.32. The van der Waals surface area contributed by atoms with Gasteiger partial charge in [-0.25, -0.2) is 0 Å². The Morgan fingerprint density at radius 3 is 2.72 bits per heavy atom. The zero-order valence-electron chi connectivity index (χ0n) is 10.1. The molecule has 1 unspecified atom stereocenters. The van der Waals surface area contributed by atoms with Crippen molar-refractivity contribution in [2.24, 2.45) is 0 Å². The molecule has 1 aromatic carbocycles. The lowest BCUT2D eigenvalue weighted by Gasteiger charge is -2.20. The summed E-state index contributed by atoms with van der Waals surface area (Å²) in [5.41, 5.74) is -0.690. The standard InChI is InChI=1S/C12H17ClN2O3/c1-12(18,8-16)7-14-6-11(17)15-10-5-3-2-4-9(10)13/h2-5,14,16,18H,6-8H2,1H3,(H,15,17). The predicted molar refractivity (Wildman–Crippen MR) is 70.7 cm³/mol. The van der Waals surface area contributed by atoms with Crippen LogP contribution in [0.4, 0.5) is 5.69 Å². The minimum Gasteiger partial charge on any atom is -0.393 e. The molecular weight excluding hydrogens is 256 g/mol. The van der Waals surface area contributed by atoms with Gasteiger partial charge in [-0.15, -0.1) is 0 Å². The van der Waals surface area contributed by atoms with Gasteiger partial charge < -0.3 is 20.8 Å². The van der Waals surface area contributed by atoms with Crippen LogP contribution >= 0.6 is 11.6 Å². The van der Waals surface area contributed by atoms with Gasteiger partial charge in [0.2, 0.25) is 5.91 Å². The Kier molecular flexibility index (Phi) is 5.55. The molecule has 6 heteroatoms. The molecule has 0 saturated carbocycles. The average molecular weight is 273 g/mol. The van der Waals surface area contributed by atoms with E-state index in [2.05, 4.69) is 10.6 Å². The molecule has 18 heavy (non-hydrogen) atoms. The van der Waals surface area contributed by atoms with E-state index >= 15 is 0 Å². The van der Waals surface area contributed by atoms with Gasteiger partial charge in [-0.1, -0.05) is 23.7 Å². The summed E-state index contributed by atoms with van der Waals surface area (Å²) in [5.74, 6) is -0.267. The van der Waals surface area contributed by atoms with Crippen molar-refractivity contribution >= 4 is 23.2 Å². The van der Waals surface area contributed by atoms with E-state index in [0.717, 1.165) is 0 Å². The third kappa shape index (κ3) is 5.01. The molecule has 1 rings (SSSR count). The van der Waals surface area contributed by atoms with E-state index in [1.54, 1.807) is 24.3 Å². The lowest BCUT2D eigenvalue weighted by atomic mass is 10.1. The number of amides is 1. The summed E-state index contributed by atoms with van der Waals surface area (Å²) in [7, 11) is 0. The number of carbonyl (C=O) groups excluding carboxylic acids is 1. The van der Waals surface area contributed by atoms with Gasteiger partial charge in [-0.2, -0.15) is 0 Å². The molecule has 0 aromatic heterocycles. The van der Waals surface area contributed by atoms with Crippen LogP contribution in [0.2, 0.25) is 5.02 Å². The summed E-state index contributed by atoms with van der Waals surface area (Å²) < 4.78 is 0. The van der Waals surface area contributed by atoms with Crippen LogP contribution in [0.5, 0.6) is 0 Å². The van der Waals surface area contributed by atoms with Crippen molar-refractivity contribution in [1.29, 1.82) is 0 Å². The number of nitrogens with one attached hydrogen (secondary N) is 2. The number of hydrogen-bond acceptors (Lipinski definition) is 4. The molecule has 0 saturated heterocycles. The fraction of sp³-hybridized carbons (Fsp3) is 0.417. The predicted octanol–water partition coefficient (Wildman–Crippen LogP) is 0.611. The molecule has 0 aliphatic heterocycles. The SMILES string of the molecule is CC(O)(CO)CNCC(=O)Nc1ccccc1Cl. The first-order chi connectivity index (χ1) is 8.44. The molecule has 0 spiro atoms. The second kappa shape index (κ2) is 6.70. The zero-order valence-corrected chi connectivity index (χ0v) is 10.9. The highest BCUT2D eigenvalue weighted by Crippen LogP contribution is 2.19. The first kappa shape index (κ1) is 14.9. The highest BCUT2D eigenvalue weighted by Gasteiger charge is 2.18. The lowest BCUT2D eigenvalue weighted by Crippen LogP contribution is -2.43. The Labute approximate surface area is 111 Å². The minimum absolute atomic E-state index is 0.0291. The van der Waals surface area contributed by atoms with Crippen molar-refractivity contribution in [3.8, 4) is 0 Å². The number of aliphatic hydroxyl groups excluding tert-OH is 1. The van der Waals surface area contributed by atoms with E-state index in [4.69, 9.17) is 16.7 Å². The summed E-state index contributed by atoms with van der Waals surface area (Å²) in [6.07, 6.45) is 0. The van der Waals surface area contributed by atoms with Gasteiger partial charge in [0.15, 0.2) is 0 Å². The summed E-state index contributed by atoms with van der Waals surface area (Å²) in [6, 6.07) is 6.92. The van der Waals surface area contributed by atoms with Crippen molar-refractivity contribution in [3.63, 3.8) is 0 Å². The Morgan fingerprint density at radius 2 is 2.11 bits per heavy atom. The van der Waals surface area contributed by atoms with Crippen LogP contribution in [-0.2, 0) is 4.79 Å². The summed E-state index contributed by atoms with van der Waals surface area (Å²) >= 11 is 5.89. The monoisotopic (exact) mass is 272 g/mol. The number of para-hydroxylation sites is 1. The molecule has 0 aliphatic carbocycles. The number of rotatable bonds is 6. The van der Waals surface area contributed by atoms with Crippen LogP contribution in [0.15, 0.2) is 24.3 Å². The van der Waals surface area contributed by atoms with Gasteiger partial charge in [0, 0.05) is 6.54 Å². The van der Waals surface area contributed by atoms with Crippen LogP contribution in [0.1, 0.15) is 6.92 Å². The maximum atomic E-state index is 11.6. The number of hydrogen-bond donors (Lipinski definition) is 4. The molecule has 4 N–H and O–H groups in total. The van der Waals surface area contributed by atoms with Gasteiger partial charge >= 0.3 is 0 Å². The molecule has 0 heterocycles. The van der Waals surface area contributed by atoms with E-state index in [0.29, 0.717) is 10.7 Å². The van der Waals surface area contributed by atoms with Gasteiger partial charge in [0.25, 0.3) is 0 Å². The fourth-order valence-corrected chi connectivity index (χ4v) is 1.44. The van der Waals surface area contributed by atoms with Crippen molar-refractivity contribution in [2.45, 2.75) is 12.5 Å². The molecule has 1 amide bonds. The van der Waals surface area contributed by atoms with Gasteiger partial charge in [-0.05, 0) is 19.1 Å². The highest BCUT2D eigenvalue weighted by atomic mass is 35.5. The molecule has 0 fully saturated rings. The van der Waals surface area contributed by atoms with Crippen LogP contribution in [0.25, 0.3) is 0 Å². The van der Waals surface area contributed by atoms with Crippen molar-refractivity contribution < 1.29 is 15.0 Å². The molecule has 1 atom stereocenters. The third-order valence-electron chi connectivity index (χ3n) is 2.28. The number of carbonyl (C=O) groups is 1. The summed E-state index contributed by atoms with van der Waals surface area (Å²) in [4.78, 5) is 11.6. The van der Waals surface area contributed by atoms with Crippen molar-refractivity contribution in [3.05, 3.63) is 29.3 Å². The van der Waals surface area contributed by atoms with Crippen LogP contribution < -0.4 is 10.6 Å². The third-order valence-corrected chi connectivity index (χ3v) is 2.61. The van der Waals surface area contributed by atoms with Crippen LogP contribution in [0, 0.1) is 0 Å².